The molecule has 1 aromatic heterocycles. The predicted octanol–water partition coefficient (Wildman–Crippen LogP) is 1.81. The topological polar surface area (TPSA) is 55.1 Å². The molecule has 4 heteroatoms. The Labute approximate surface area is 87.9 Å². The molecule has 0 radical (unpaired) electrons. The van der Waals surface area contributed by atoms with E-state index < -0.39 is 0 Å². The number of allylic oxidation sites excluding steroid dienone is 1. The first-order valence-electron chi connectivity index (χ1n) is 5.07. The van der Waals surface area contributed by atoms with Crippen molar-refractivity contribution in [1.82, 2.24) is 9.55 Å². The third-order valence-corrected chi connectivity index (χ3v) is 2.88. The SMILES string of the molecule is Cc1cnc2n(c1=O)C(C)CC/C2=C\O. The van der Waals surface area contributed by atoms with E-state index in [1.807, 2.05) is 6.92 Å². The molecule has 0 aromatic carbocycles. The second kappa shape index (κ2) is 3.53. The fraction of sp³-hybridized carbons (Fsp3) is 0.455. The van der Waals surface area contributed by atoms with Crippen LogP contribution < -0.4 is 5.56 Å². The van der Waals surface area contributed by atoms with E-state index in [2.05, 4.69) is 4.98 Å². The molecule has 1 unspecified atom stereocenters. The summed E-state index contributed by atoms with van der Waals surface area (Å²) >= 11 is 0. The summed E-state index contributed by atoms with van der Waals surface area (Å²) in [6.07, 6.45) is 4.26. The van der Waals surface area contributed by atoms with Gasteiger partial charge in [-0.2, -0.15) is 0 Å². The summed E-state index contributed by atoms with van der Waals surface area (Å²) in [6.45, 7) is 3.76. The van der Waals surface area contributed by atoms with Gasteiger partial charge in [-0.25, -0.2) is 4.98 Å². The van der Waals surface area contributed by atoms with Gasteiger partial charge in [-0.1, -0.05) is 0 Å². The summed E-state index contributed by atoms with van der Waals surface area (Å²) in [5.74, 6) is 0.604. The van der Waals surface area contributed by atoms with E-state index in [0.717, 1.165) is 24.7 Å². The largest absolute Gasteiger partial charge is 0.515 e. The molecule has 1 N–H and O–H groups in total. The zero-order valence-electron chi connectivity index (χ0n) is 8.90. The van der Waals surface area contributed by atoms with E-state index in [9.17, 15) is 4.79 Å². The monoisotopic (exact) mass is 206 g/mol. The average molecular weight is 206 g/mol. The van der Waals surface area contributed by atoms with Crippen LogP contribution in [0.3, 0.4) is 0 Å². The van der Waals surface area contributed by atoms with Crippen LogP contribution in [0.1, 0.15) is 37.2 Å². The predicted molar refractivity (Wildman–Crippen MR) is 57.8 cm³/mol. The third-order valence-electron chi connectivity index (χ3n) is 2.88. The Bertz CT molecular complexity index is 474. The summed E-state index contributed by atoms with van der Waals surface area (Å²) in [6, 6.07) is 0.156. The van der Waals surface area contributed by atoms with E-state index in [4.69, 9.17) is 5.11 Å². The first-order chi connectivity index (χ1) is 7.15. The van der Waals surface area contributed by atoms with Crippen LogP contribution in [0.15, 0.2) is 17.3 Å². The molecule has 4 nitrogen and oxygen atoms in total. The lowest BCUT2D eigenvalue weighted by molar-refractivity contribution is 0.440. The summed E-state index contributed by atoms with van der Waals surface area (Å²) in [5, 5.41) is 9.07. The van der Waals surface area contributed by atoms with E-state index in [1.54, 1.807) is 17.7 Å². The molecule has 2 heterocycles. The summed E-state index contributed by atoms with van der Waals surface area (Å²) in [7, 11) is 0. The highest BCUT2D eigenvalue weighted by Gasteiger charge is 2.22. The summed E-state index contributed by atoms with van der Waals surface area (Å²) < 4.78 is 1.67. The quantitative estimate of drug-likeness (QED) is 0.658. The first kappa shape index (κ1) is 9.96. The van der Waals surface area contributed by atoms with Gasteiger partial charge in [-0.3, -0.25) is 9.36 Å². The number of aliphatic hydroxyl groups excluding tert-OH is 1. The Morgan fingerprint density at radius 2 is 2.40 bits per heavy atom. The second-order valence-electron chi connectivity index (χ2n) is 3.98. The molecular weight excluding hydrogens is 192 g/mol. The van der Waals surface area contributed by atoms with Gasteiger partial charge < -0.3 is 5.11 Å². The Kier molecular flexibility index (Phi) is 2.34. The second-order valence-corrected chi connectivity index (χ2v) is 3.98. The number of hydrogen-bond acceptors (Lipinski definition) is 3. The summed E-state index contributed by atoms with van der Waals surface area (Å²) in [4.78, 5) is 16.1. The van der Waals surface area contributed by atoms with Crippen LogP contribution in [0.4, 0.5) is 0 Å². The van der Waals surface area contributed by atoms with Gasteiger partial charge in [0.25, 0.3) is 5.56 Å². The maximum absolute atomic E-state index is 11.9. The van der Waals surface area contributed by atoms with Crippen LogP contribution in [0.5, 0.6) is 0 Å². The molecule has 1 aromatic rings. The molecule has 15 heavy (non-hydrogen) atoms. The Hall–Kier alpha value is -1.58. The summed E-state index contributed by atoms with van der Waals surface area (Å²) in [5.41, 5.74) is 1.38. The maximum atomic E-state index is 11.9. The molecule has 1 atom stereocenters. The van der Waals surface area contributed by atoms with Crippen molar-refractivity contribution in [2.24, 2.45) is 0 Å². The molecule has 1 aliphatic rings. The van der Waals surface area contributed by atoms with E-state index in [1.165, 1.54) is 0 Å². The fourth-order valence-corrected chi connectivity index (χ4v) is 1.94. The van der Waals surface area contributed by atoms with E-state index in [-0.39, 0.29) is 11.6 Å². The lowest BCUT2D eigenvalue weighted by atomic mass is 10.0. The number of aliphatic hydroxyl groups is 1. The lowest BCUT2D eigenvalue weighted by Crippen LogP contribution is -2.31. The van der Waals surface area contributed by atoms with Gasteiger partial charge in [-0.15, -0.1) is 0 Å². The van der Waals surface area contributed by atoms with Crippen LogP contribution in [0.2, 0.25) is 0 Å². The lowest BCUT2D eigenvalue weighted by Gasteiger charge is -2.25. The zero-order chi connectivity index (χ0) is 11.0. The minimum absolute atomic E-state index is 0.00782. The van der Waals surface area contributed by atoms with Crippen LogP contribution in [-0.2, 0) is 0 Å². The average Bonchev–Trinajstić information content (AvgIpc) is 2.24. The van der Waals surface area contributed by atoms with Crippen molar-refractivity contribution in [3.63, 3.8) is 0 Å². The minimum atomic E-state index is -0.00782. The van der Waals surface area contributed by atoms with Crippen LogP contribution in [0, 0.1) is 6.92 Å². The van der Waals surface area contributed by atoms with Crippen molar-refractivity contribution < 1.29 is 5.11 Å². The van der Waals surface area contributed by atoms with Crippen molar-refractivity contribution >= 4 is 5.57 Å². The molecule has 0 fully saturated rings. The molecule has 0 saturated heterocycles. The van der Waals surface area contributed by atoms with Crippen molar-refractivity contribution in [3.05, 3.63) is 34.2 Å². The number of nitrogens with zero attached hydrogens (tertiary/aromatic N) is 2. The molecule has 2 rings (SSSR count). The molecule has 0 saturated carbocycles. The molecule has 80 valence electrons. The van der Waals surface area contributed by atoms with Gasteiger partial charge in [0.05, 0.1) is 6.26 Å². The molecular formula is C11H14N2O2. The zero-order valence-corrected chi connectivity index (χ0v) is 8.90. The molecule has 0 bridgehead atoms. The highest BCUT2D eigenvalue weighted by atomic mass is 16.2. The van der Waals surface area contributed by atoms with Gasteiger partial charge in [0, 0.05) is 23.4 Å². The van der Waals surface area contributed by atoms with Gasteiger partial charge in [-0.05, 0) is 26.7 Å². The standard InChI is InChI=1S/C11H14N2O2/c1-7-5-12-10-9(6-14)4-3-8(2)13(10)11(7)15/h5-6,8,14H,3-4H2,1-2H3/b9-6+. The Morgan fingerprint density at radius 3 is 3.07 bits per heavy atom. The molecule has 1 aliphatic heterocycles. The minimum Gasteiger partial charge on any atom is -0.515 e. The molecule has 0 spiro atoms. The Morgan fingerprint density at radius 1 is 1.67 bits per heavy atom. The number of fused-ring (bicyclic) bond motifs is 1. The van der Waals surface area contributed by atoms with Crippen LogP contribution in [0.25, 0.3) is 5.57 Å². The van der Waals surface area contributed by atoms with E-state index >= 15 is 0 Å². The fourth-order valence-electron chi connectivity index (χ4n) is 1.94. The highest BCUT2D eigenvalue weighted by molar-refractivity contribution is 5.60. The smallest absolute Gasteiger partial charge is 0.256 e. The van der Waals surface area contributed by atoms with Gasteiger partial charge in [0.15, 0.2) is 0 Å². The van der Waals surface area contributed by atoms with Crippen molar-refractivity contribution in [3.8, 4) is 0 Å². The highest BCUT2D eigenvalue weighted by Crippen LogP contribution is 2.28. The first-order valence-corrected chi connectivity index (χ1v) is 5.07. The number of rotatable bonds is 0. The van der Waals surface area contributed by atoms with Gasteiger partial charge in [0.1, 0.15) is 5.82 Å². The van der Waals surface area contributed by atoms with Gasteiger partial charge in [0.2, 0.25) is 0 Å². The van der Waals surface area contributed by atoms with Crippen molar-refractivity contribution in [2.45, 2.75) is 32.7 Å². The normalized spacial score (nSPS) is 22.8. The number of aromatic nitrogens is 2. The van der Waals surface area contributed by atoms with Gasteiger partial charge >= 0.3 is 0 Å². The molecule has 0 aliphatic carbocycles. The number of aryl methyl sites for hydroxylation is 1. The third kappa shape index (κ3) is 1.46. The number of hydrogen-bond donors (Lipinski definition) is 1. The Balaban J connectivity index is 2.73. The van der Waals surface area contributed by atoms with Crippen molar-refractivity contribution in [2.75, 3.05) is 0 Å². The molecule has 0 amide bonds. The van der Waals surface area contributed by atoms with Crippen molar-refractivity contribution in [1.29, 1.82) is 0 Å². The maximum Gasteiger partial charge on any atom is 0.256 e. The van der Waals surface area contributed by atoms with Crippen LogP contribution >= 0.6 is 0 Å². The van der Waals surface area contributed by atoms with E-state index in [0.29, 0.717) is 11.4 Å². The van der Waals surface area contributed by atoms with Crippen LogP contribution in [-0.4, -0.2) is 14.7 Å².